The lowest BCUT2D eigenvalue weighted by atomic mass is 10.2. The summed E-state index contributed by atoms with van der Waals surface area (Å²) in [6.07, 6.45) is 1.14. The van der Waals surface area contributed by atoms with Crippen molar-refractivity contribution in [2.75, 3.05) is 0 Å². The molecule has 90 valence electrons. The molecule has 0 aliphatic rings. The van der Waals surface area contributed by atoms with Crippen LogP contribution in [0.1, 0.15) is 26.2 Å². The van der Waals surface area contributed by atoms with E-state index >= 15 is 0 Å². The molecule has 0 radical (unpaired) electrons. The Morgan fingerprint density at radius 2 is 2.00 bits per heavy atom. The molecule has 1 atom stereocenters. The van der Waals surface area contributed by atoms with Crippen LogP contribution in [0, 0.1) is 0 Å². The number of rotatable bonds is 5. The summed E-state index contributed by atoms with van der Waals surface area (Å²) in [6.45, 7) is 5.10. The molecule has 0 amide bonds. The Labute approximate surface area is 101 Å². The zero-order valence-corrected chi connectivity index (χ0v) is 10.3. The fourth-order valence-corrected chi connectivity index (χ4v) is 1.50. The van der Waals surface area contributed by atoms with E-state index in [9.17, 15) is 0 Å². The molecule has 0 aliphatic carbocycles. The maximum atomic E-state index is 5.61. The number of hydrogen-bond acceptors (Lipinski definition) is 3. The van der Waals surface area contributed by atoms with Crippen LogP contribution in [0.5, 0.6) is 0 Å². The average molecular weight is 232 g/mol. The SMILES string of the molecule is CC[C@H](C)[NH2+]Cc1nnc(-c2ccccc2)o1. The molecule has 1 heterocycles. The first-order valence-electron chi connectivity index (χ1n) is 6.00. The lowest BCUT2D eigenvalue weighted by Gasteiger charge is -2.04. The molecule has 4 heteroatoms. The Balaban J connectivity index is 2.01. The highest BCUT2D eigenvalue weighted by Gasteiger charge is 2.10. The van der Waals surface area contributed by atoms with Gasteiger partial charge in [-0.15, -0.1) is 10.2 Å². The number of aromatic nitrogens is 2. The number of quaternary nitrogens is 1. The maximum Gasteiger partial charge on any atom is 0.271 e. The van der Waals surface area contributed by atoms with Crippen molar-refractivity contribution < 1.29 is 9.73 Å². The van der Waals surface area contributed by atoms with Crippen molar-refractivity contribution in [2.45, 2.75) is 32.9 Å². The predicted octanol–water partition coefficient (Wildman–Crippen LogP) is 1.60. The van der Waals surface area contributed by atoms with Gasteiger partial charge in [-0.1, -0.05) is 25.1 Å². The second-order valence-electron chi connectivity index (χ2n) is 4.19. The van der Waals surface area contributed by atoms with Gasteiger partial charge >= 0.3 is 0 Å². The van der Waals surface area contributed by atoms with Crippen LogP contribution in [-0.2, 0) is 6.54 Å². The van der Waals surface area contributed by atoms with Crippen LogP contribution >= 0.6 is 0 Å². The van der Waals surface area contributed by atoms with Crippen LogP contribution in [-0.4, -0.2) is 16.2 Å². The largest absolute Gasteiger partial charge is 0.415 e. The second kappa shape index (κ2) is 5.59. The van der Waals surface area contributed by atoms with Gasteiger partial charge in [-0.25, -0.2) is 0 Å². The molecule has 0 unspecified atom stereocenters. The Morgan fingerprint density at radius 1 is 1.24 bits per heavy atom. The summed E-state index contributed by atoms with van der Waals surface area (Å²) in [6, 6.07) is 10.4. The monoisotopic (exact) mass is 232 g/mol. The summed E-state index contributed by atoms with van der Waals surface area (Å²) >= 11 is 0. The number of benzene rings is 1. The van der Waals surface area contributed by atoms with Gasteiger partial charge < -0.3 is 9.73 Å². The molecular formula is C13H18N3O+. The summed E-state index contributed by atoms with van der Waals surface area (Å²) < 4.78 is 5.61. The van der Waals surface area contributed by atoms with Crippen molar-refractivity contribution in [3.63, 3.8) is 0 Å². The fraction of sp³-hybridized carbons (Fsp3) is 0.385. The van der Waals surface area contributed by atoms with Gasteiger partial charge in [-0.2, -0.15) is 0 Å². The average Bonchev–Trinajstić information content (AvgIpc) is 2.86. The molecule has 0 fully saturated rings. The van der Waals surface area contributed by atoms with Crippen LogP contribution in [0.4, 0.5) is 0 Å². The molecule has 0 aliphatic heterocycles. The van der Waals surface area contributed by atoms with Crippen molar-refractivity contribution in [3.05, 3.63) is 36.2 Å². The molecule has 4 nitrogen and oxygen atoms in total. The van der Waals surface area contributed by atoms with E-state index in [1.165, 1.54) is 0 Å². The van der Waals surface area contributed by atoms with E-state index in [4.69, 9.17) is 4.42 Å². The highest BCUT2D eigenvalue weighted by Crippen LogP contribution is 2.16. The first-order chi connectivity index (χ1) is 8.29. The Morgan fingerprint density at radius 3 is 2.71 bits per heavy atom. The summed E-state index contributed by atoms with van der Waals surface area (Å²) in [4.78, 5) is 0. The van der Waals surface area contributed by atoms with Gasteiger partial charge in [0.15, 0.2) is 6.54 Å². The molecule has 1 aromatic carbocycles. The third-order valence-electron chi connectivity index (χ3n) is 2.83. The second-order valence-corrected chi connectivity index (χ2v) is 4.19. The van der Waals surface area contributed by atoms with E-state index < -0.39 is 0 Å². The van der Waals surface area contributed by atoms with Crippen LogP contribution in [0.3, 0.4) is 0 Å². The molecule has 1 aromatic heterocycles. The highest BCUT2D eigenvalue weighted by atomic mass is 16.4. The van der Waals surface area contributed by atoms with Gasteiger partial charge in [0.1, 0.15) is 0 Å². The molecule has 2 N–H and O–H groups in total. The standard InChI is InChI=1S/C13H17N3O/c1-3-10(2)14-9-12-15-16-13(17-12)11-7-5-4-6-8-11/h4-8,10,14H,3,9H2,1-2H3/p+1/t10-/m0/s1. The molecule has 0 spiro atoms. The van der Waals surface area contributed by atoms with Crippen molar-refractivity contribution in [1.82, 2.24) is 10.2 Å². The first kappa shape index (κ1) is 11.8. The first-order valence-corrected chi connectivity index (χ1v) is 6.00. The van der Waals surface area contributed by atoms with Crippen LogP contribution in [0.2, 0.25) is 0 Å². The molecule has 0 saturated carbocycles. The molecule has 2 aromatic rings. The van der Waals surface area contributed by atoms with E-state index in [1.807, 2.05) is 30.3 Å². The summed E-state index contributed by atoms with van der Waals surface area (Å²) in [5.41, 5.74) is 0.967. The van der Waals surface area contributed by atoms with Gasteiger partial charge in [0.05, 0.1) is 6.04 Å². The zero-order chi connectivity index (χ0) is 12.1. The van der Waals surface area contributed by atoms with Gasteiger partial charge in [-0.3, -0.25) is 0 Å². The van der Waals surface area contributed by atoms with Gasteiger partial charge in [0.2, 0.25) is 5.89 Å². The maximum absolute atomic E-state index is 5.61. The quantitative estimate of drug-likeness (QED) is 0.852. The lowest BCUT2D eigenvalue weighted by Crippen LogP contribution is -2.87. The Kier molecular flexibility index (Phi) is 3.88. The topological polar surface area (TPSA) is 55.5 Å². The van der Waals surface area contributed by atoms with Crippen LogP contribution < -0.4 is 5.32 Å². The third kappa shape index (κ3) is 3.14. The van der Waals surface area contributed by atoms with E-state index in [0.717, 1.165) is 18.5 Å². The van der Waals surface area contributed by atoms with E-state index in [0.29, 0.717) is 17.8 Å². The summed E-state index contributed by atoms with van der Waals surface area (Å²) in [5.74, 6) is 1.28. The molecule has 0 saturated heterocycles. The van der Waals surface area contributed by atoms with Crippen molar-refractivity contribution in [1.29, 1.82) is 0 Å². The van der Waals surface area contributed by atoms with Gasteiger partial charge in [-0.05, 0) is 25.5 Å². The molecule has 2 rings (SSSR count). The normalized spacial score (nSPS) is 12.6. The minimum atomic E-state index is 0.585. The lowest BCUT2D eigenvalue weighted by molar-refractivity contribution is -0.703. The van der Waals surface area contributed by atoms with Gasteiger partial charge in [0.25, 0.3) is 5.89 Å². The Hall–Kier alpha value is -1.68. The summed E-state index contributed by atoms with van der Waals surface area (Å²) in [5, 5.41) is 10.3. The van der Waals surface area contributed by atoms with Gasteiger partial charge in [0, 0.05) is 5.56 Å². The zero-order valence-electron chi connectivity index (χ0n) is 10.3. The predicted molar refractivity (Wildman–Crippen MR) is 65.1 cm³/mol. The van der Waals surface area contributed by atoms with Crippen molar-refractivity contribution >= 4 is 0 Å². The minimum Gasteiger partial charge on any atom is -0.415 e. The van der Waals surface area contributed by atoms with E-state index in [-0.39, 0.29) is 0 Å². The molecule has 17 heavy (non-hydrogen) atoms. The van der Waals surface area contributed by atoms with Crippen LogP contribution in [0.25, 0.3) is 11.5 Å². The minimum absolute atomic E-state index is 0.585. The fourth-order valence-electron chi connectivity index (χ4n) is 1.50. The van der Waals surface area contributed by atoms with Crippen molar-refractivity contribution in [2.24, 2.45) is 0 Å². The summed E-state index contributed by atoms with van der Waals surface area (Å²) in [7, 11) is 0. The number of hydrogen-bond donors (Lipinski definition) is 1. The van der Waals surface area contributed by atoms with E-state index in [1.54, 1.807) is 0 Å². The Bertz CT molecular complexity index is 453. The number of nitrogens with zero attached hydrogens (tertiary/aromatic N) is 2. The molecular weight excluding hydrogens is 214 g/mol. The highest BCUT2D eigenvalue weighted by molar-refractivity contribution is 5.51. The number of nitrogens with two attached hydrogens (primary N) is 1. The smallest absolute Gasteiger partial charge is 0.271 e. The van der Waals surface area contributed by atoms with Crippen LogP contribution in [0.15, 0.2) is 34.7 Å². The van der Waals surface area contributed by atoms with E-state index in [2.05, 4.69) is 29.4 Å². The van der Waals surface area contributed by atoms with Crippen molar-refractivity contribution in [3.8, 4) is 11.5 Å². The molecule has 0 bridgehead atoms. The third-order valence-corrected chi connectivity index (χ3v) is 2.83.